The van der Waals surface area contributed by atoms with E-state index in [9.17, 15) is 4.79 Å². The van der Waals surface area contributed by atoms with Gasteiger partial charge in [-0.05, 0) is 36.4 Å². The monoisotopic (exact) mass is 379 g/mol. The van der Waals surface area contributed by atoms with Gasteiger partial charge in [-0.25, -0.2) is 9.97 Å². The summed E-state index contributed by atoms with van der Waals surface area (Å²) in [6.07, 6.45) is 1.36. The number of ketones is 1. The quantitative estimate of drug-likeness (QED) is 0.511. The maximum Gasteiger partial charge on any atom is 0.213 e. The number of fused-ring (bicyclic) bond motifs is 1. The Labute approximate surface area is 145 Å². The molecule has 0 aliphatic heterocycles. The molecule has 4 aromatic rings. The van der Waals surface area contributed by atoms with Gasteiger partial charge in [0, 0.05) is 10.0 Å². The van der Waals surface area contributed by atoms with Gasteiger partial charge in [-0.15, -0.1) is 5.10 Å². The number of rotatable bonds is 3. The molecule has 0 bridgehead atoms. The van der Waals surface area contributed by atoms with Crippen LogP contribution in [0.5, 0.6) is 0 Å². The Bertz CT molecular complexity index is 1030. The molecule has 0 fully saturated rings. The first-order valence-electron chi connectivity index (χ1n) is 7.16. The zero-order valence-corrected chi connectivity index (χ0v) is 13.9. The van der Waals surface area contributed by atoms with Crippen LogP contribution in [0.15, 0.2) is 65.4 Å². The fourth-order valence-electron chi connectivity index (χ4n) is 2.40. The summed E-state index contributed by atoms with van der Waals surface area (Å²) in [4.78, 5) is 21.1. The second kappa shape index (κ2) is 5.93. The van der Waals surface area contributed by atoms with Crippen molar-refractivity contribution in [1.82, 2.24) is 25.0 Å². The lowest BCUT2D eigenvalue weighted by molar-refractivity contribution is 0.103. The molecule has 0 amide bonds. The second-order valence-electron chi connectivity index (χ2n) is 5.07. The Morgan fingerprint density at radius 1 is 0.958 bits per heavy atom. The molecule has 0 spiro atoms. The molecule has 0 unspecified atom stereocenters. The maximum absolute atomic E-state index is 12.7. The largest absolute Gasteiger partial charge is 0.287 e. The van der Waals surface area contributed by atoms with Gasteiger partial charge in [0.15, 0.2) is 11.2 Å². The third-order valence-corrected chi connectivity index (χ3v) is 4.09. The number of aromatic nitrogens is 5. The number of hydrogen-bond acceptors (Lipinski definition) is 5. The summed E-state index contributed by atoms with van der Waals surface area (Å²) in [7, 11) is 0. The van der Waals surface area contributed by atoms with E-state index in [-0.39, 0.29) is 11.5 Å². The fraction of sp³-hybridized carbons (Fsp3) is 0. The van der Waals surface area contributed by atoms with Crippen LogP contribution < -0.4 is 0 Å². The van der Waals surface area contributed by atoms with Crippen molar-refractivity contribution in [2.24, 2.45) is 0 Å². The highest BCUT2D eigenvalue weighted by Gasteiger charge is 2.19. The SMILES string of the molecule is O=C(c1ccc(Br)cc1)c1ncnc2c1nnn2-c1ccccc1. The van der Waals surface area contributed by atoms with Crippen LogP contribution in [-0.4, -0.2) is 30.7 Å². The van der Waals surface area contributed by atoms with E-state index in [2.05, 4.69) is 36.2 Å². The molecule has 2 heterocycles. The molecule has 2 aromatic carbocycles. The van der Waals surface area contributed by atoms with Gasteiger partial charge in [0.1, 0.15) is 12.0 Å². The molecule has 0 saturated heterocycles. The second-order valence-corrected chi connectivity index (χ2v) is 5.98. The van der Waals surface area contributed by atoms with Crippen molar-refractivity contribution in [3.05, 3.63) is 76.7 Å². The van der Waals surface area contributed by atoms with Crippen LogP contribution in [0.2, 0.25) is 0 Å². The maximum atomic E-state index is 12.7. The topological polar surface area (TPSA) is 73.6 Å². The molecule has 116 valence electrons. The van der Waals surface area contributed by atoms with Gasteiger partial charge in [-0.2, -0.15) is 4.68 Å². The minimum atomic E-state index is -0.213. The minimum Gasteiger partial charge on any atom is -0.287 e. The summed E-state index contributed by atoms with van der Waals surface area (Å²) in [5, 5.41) is 8.24. The number of halogens is 1. The van der Waals surface area contributed by atoms with Crippen molar-refractivity contribution in [3.8, 4) is 5.69 Å². The van der Waals surface area contributed by atoms with E-state index in [4.69, 9.17) is 0 Å². The van der Waals surface area contributed by atoms with Crippen molar-refractivity contribution in [3.63, 3.8) is 0 Å². The van der Waals surface area contributed by atoms with Crippen LogP contribution in [0.1, 0.15) is 16.1 Å². The minimum absolute atomic E-state index is 0.213. The summed E-state index contributed by atoms with van der Waals surface area (Å²) < 4.78 is 2.50. The van der Waals surface area contributed by atoms with E-state index in [1.54, 1.807) is 16.8 Å². The first kappa shape index (κ1) is 14.6. The molecule has 0 aliphatic carbocycles. The summed E-state index contributed by atoms with van der Waals surface area (Å²) in [5.41, 5.74) is 2.48. The van der Waals surface area contributed by atoms with Crippen molar-refractivity contribution in [1.29, 1.82) is 0 Å². The van der Waals surface area contributed by atoms with Gasteiger partial charge in [-0.1, -0.05) is 39.3 Å². The Hall–Kier alpha value is -2.93. The molecule has 0 saturated carbocycles. The van der Waals surface area contributed by atoms with E-state index in [0.717, 1.165) is 10.2 Å². The lowest BCUT2D eigenvalue weighted by atomic mass is 10.1. The highest BCUT2D eigenvalue weighted by atomic mass is 79.9. The van der Waals surface area contributed by atoms with Gasteiger partial charge in [0.25, 0.3) is 0 Å². The van der Waals surface area contributed by atoms with E-state index in [1.807, 2.05) is 42.5 Å². The highest BCUT2D eigenvalue weighted by Crippen LogP contribution is 2.19. The Morgan fingerprint density at radius 3 is 2.46 bits per heavy atom. The van der Waals surface area contributed by atoms with Gasteiger partial charge >= 0.3 is 0 Å². The predicted molar refractivity (Wildman–Crippen MR) is 92.0 cm³/mol. The van der Waals surface area contributed by atoms with Gasteiger partial charge < -0.3 is 0 Å². The first-order valence-corrected chi connectivity index (χ1v) is 7.95. The molecule has 6 nitrogen and oxygen atoms in total. The van der Waals surface area contributed by atoms with Crippen LogP contribution in [0, 0.1) is 0 Å². The lowest BCUT2D eigenvalue weighted by Crippen LogP contribution is -2.06. The van der Waals surface area contributed by atoms with Crippen molar-refractivity contribution >= 4 is 32.9 Å². The van der Waals surface area contributed by atoms with Gasteiger partial charge in [0.05, 0.1) is 5.69 Å². The molecule has 0 radical (unpaired) electrons. The average Bonchev–Trinajstić information content (AvgIpc) is 3.06. The molecule has 0 aliphatic rings. The van der Waals surface area contributed by atoms with Crippen molar-refractivity contribution < 1.29 is 4.79 Å². The Balaban J connectivity index is 1.84. The zero-order chi connectivity index (χ0) is 16.5. The third-order valence-electron chi connectivity index (χ3n) is 3.56. The van der Waals surface area contributed by atoms with Crippen molar-refractivity contribution in [2.75, 3.05) is 0 Å². The molecule has 0 N–H and O–H groups in total. The molecule has 4 rings (SSSR count). The van der Waals surface area contributed by atoms with E-state index >= 15 is 0 Å². The number of para-hydroxylation sites is 1. The Morgan fingerprint density at radius 2 is 1.71 bits per heavy atom. The molecular formula is C17H10BrN5O. The first-order chi connectivity index (χ1) is 11.7. The predicted octanol–water partition coefficient (Wildman–Crippen LogP) is 3.20. The van der Waals surface area contributed by atoms with Crippen LogP contribution in [0.25, 0.3) is 16.9 Å². The van der Waals surface area contributed by atoms with Crippen LogP contribution >= 0.6 is 15.9 Å². The number of carbonyl (C=O) groups excluding carboxylic acids is 1. The summed E-state index contributed by atoms with van der Waals surface area (Å²) >= 11 is 3.36. The summed E-state index contributed by atoms with van der Waals surface area (Å²) in [5.74, 6) is -0.213. The molecule has 7 heteroatoms. The molecule has 2 aromatic heterocycles. The molecule has 24 heavy (non-hydrogen) atoms. The molecular weight excluding hydrogens is 370 g/mol. The fourth-order valence-corrected chi connectivity index (χ4v) is 2.66. The average molecular weight is 380 g/mol. The van der Waals surface area contributed by atoms with Gasteiger partial charge in [0.2, 0.25) is 5.78 Å². The van der Waals surface area contributed by atoms with Crippen LogP contribution in [0.4, 0.5) is 0 Å². The van der Waals surface area contributed by atoms with Crippen LogP contribution in [-0.2, 0) is 0 Å². The van der Waals surface area contributed by atoms with Gasteiger partial charge in [-0.3, -0.25) is 4.79 Å². The number of hydrogen-bond donors (Lipinski definition) is 0. The van der Waals surface area contributed by atoms with E-state index in [1.165, 1.54) is 6.33 Å². The molecule has 0 atom stereocenters. The normalized spacial score (nSPS) is 10.9. The standard InChI is InChI=1S/C17H10BrN5O/c18-12-8-6-11(7-9-12)16(24)14-15-17(20-10-19-14)23(22-21-15)13-4-2-1-3-5-13/h1-10H. The smallest absolute Gasteiger partial charge is 0.213 e. The van der Waals surface area contributed by atoms with Crippen LogP contribution in [0.3, 0.4) is 0 Å². The third kappa shape index (κ3) is 2.48. The lowest BCUT2D eigenvalue weighted by Gasteiger charge is -2.02. The van der Waals surface area contributed by atoms with E-state index < -0.39 is 0 Å². The highest BCUT2D eigenvalue weighted by molar-refractivity contribution is 9.10. The van der Waals surface area contributed by atoms with E-state index in [0.29, 0.717) is 16.7 Å². The van der Waals surface area contributed by atoms with Crippen molar-refractivity contribution in [2.45, 2.75) is 0 Å². The number of nitrogens with zero attached hydrogens (tertiary/aromatic N) is 5. The number of benzene rings is 2. The summed E-state index contributed by atoms with van der Waals surface area (Å²) in [6.45, 7) is 0. The number of carbonyl (C=O) groups is 1. The Kier molecular flexibility index (Phi) is 3.62. The summed E-state index contributed by atoms with van der Waals surface area (Å²) in [6, 6.07) is 16.6. The zero-order valence-electron chi connectivity index (χ0n) is 12.3.